The molecular weight excluding hydrogens is 178 g/mol. The van der Waals surface area contributed by atoms with Crippen molar-refractivity contribution in [3.63, 3.8) is 0 Å². The molecule has 1 aromatic rings. The van der Waals surface area contributed by atoms with Gasteiger partial charge in [0.25, 0.3) is 0 Å². The second kappa shape index (κ2) is 3.80. The molecule has 1 saturated carbocycles. The second-order valence-electron chi connectivity index (χ2n) is 3.47. The Balaban J connectivity index is 2.33. The van der Waals surface area contributed by atoms with Crippen LogP contribution in [0.5, 0.6) is 5.75 Å². The minimum absolute atomic E-state index is 0.293. The van der Waals surface area contributed by atoms with Gasteiger partial charge >= 0.3 is 0 Å². The molecular formula is C11H13NO2. The van der Waals surface area contributed by atoms with Crippen molar-refractivity contribution in [3.8, 4) is 5.75 Å². The van der Waals surface area contributed by atoms with E-state index in [9.17, 15) is 4.79 Å². The first-order valence-electron chi connectivity index (χ1n) is 4.79. The third kappa shape index (κ3) is 1.77. The zero-order chi connectivity index (χ0) is 9.97. The molecule has 3 heteroatoms. The number of ether oxygens (including phenoxy) is 1. The maximum atomic E-state index is 10.8. The van der Waals surface area contributed by atoms with E-state index >= 15 is 0 Å². The fourth-order valence-corrected chi connectivity index (χ4v) is 1.35. The summed E-state index contributed by atoms with van der Waals surface area (Å²) in [5, 5.41) is 0. The molecule has 0 atom stereocenters. The Bertz CT molecular complexity index is 345. The molecule has 0 aromatic heterocycles. The van der Waals surface area contributed by atoms with Gasteiger partial charge in [-0.25, -0.2) is 0 Å². The molecule has 0 bridgehead atoms. The molecule has 0 aliphatic heterocycles. The number of rotatable bonds is 4. The van der Waals surface area contributed by atoms with Crippen molar-refractivity contribution in [1.29, 1.82) is 0 Å². The highest BCUT2D eigenvalue weighted by Crippen LogP contribution is 2.31. The summed E-state index contributed by atoms with van der Waals surface area (Å²) >= 11 is 0. The molecule has 74 valence electrons. The van der Waals surface area contributed by atoms with Crippen LogP contribution in [0.4, 0.5) is 0 Å². The van der Waals surface area contributed by atoms with Gasteiger partial charge in [-0.15, -0.1) is 0 Å². The maximum absolute atomic E-state index is 10.8. The normalized spacial score (nSPS) is 15.2. The molecule has 1 fully saturated rings. The number of carbonyl (C=O) groups is 1. The van der Waals surface area contributed by atoms with Crippen LogP contribution in [0.25, 0.3) is 0 Å². The summed E-state index contributed by atoms with van der Waals surface area (Å²) in [5.74, 6) is 0.674. The predicted octanol–water partition coefficient (Wildman–Crippen LogP) is 1.50. The van der Waals surface area contributed by atoms with E-state index in [1.807, 2.05) is 12.1 Å². The van der Waals surface area contributed by atoms with Crippen molar-refractivity contribution >= 4 is 6.29 Å². The van der Waals surface area contributed by atoms with Gasteiger partial charge in [-0.3, -0.25) is 4.79 Å². The first-order chi connectivity index (χ1) is 6.85. The third-order valence-electron chi connectivity index (χ3n) is 2.28. The van der Waals surface area contributed by atoms with Crippen LogP contribution >= 0.6 is 0 Å². The summed E-state index contributed by atoms with van der Waals surface area (Å²) in [4.78, 5) is 10.8. The Hall–Kier alpha value is -1.35. The molecule has 3 nitrogen and oxygen atoms in total. The molecule has 1 aliphatic rings. The van der Waals surface area contributed by atoms with E-state index in [4.69, 9.17) is 10.5 Å². The zero-order valence-electron chi connectivity index (χ0n) is 7.90. The van der Waals surface area contributed by atoms with Crippen molar-refractivity contribution in [2.45, 2.75) is 25.5 Å². The summed E-state index contributed by atoms with van der Waals surface area (Å²) in [6.07, 6.45) is 3.27. The average molecular weight is 191 g/mol. The number of carbonyl (C=O) groups excluding carboxylic acids is 1. The largest absolute Gasteiger partial charge is 0.489 e. The molecule has 0 spiro atoms. The third-order valence-corrected chi connectivity index (χ3v) is 2.28. The molecule has 0 unspecified atom stereocenters. The number of hydrogen-bond donors (Lipinski definition) is 1. The van der Waals surface area contributed by atoms with Crippen LogP contribution in [-0.2, 0) is 6.54 Å². The highest BCUT2D eigenvalue weighted by atomic mass is 16.5. The lowest BCUT2D eigenvalue weighted by Gasteiger charge is -2.11. The van der Waals surface area contributed by atoms with Crippen LogP contribution in [0.15, 0.2) is 18.2 Å². The minimum Gasteiger partial charge on any atom is -0.489 e. The van der Waals surface area contributed by atoms with Gasteiger partial charge in [0.05, 0.1) is 11.7 Å². The van der Waals surface area contributed by atoms with Crippen LogP contribution in [-0.4, -0.2) is 12.4 Å². The van der Waals surface area contributed by atoms with E-state index in [2.05, 4.69) is 0 Å². The summed E-state index contributed by atoms with van der Waals surface area (Å²) in [6, 6.07) is 5.47. The minimum atomic E-state index is 0.293. The number of hydrogen-bond acceptors (Lipinski definition) is 3. The van der Waals surface area contributed by atoms with Gasteiger partial charge in [-0.2, -0.15) is 0 Å². The Morgan fingerprint density at radius 1 is 1.50 bits per heavy atom. The van der Waals surface area contributed by atoms with Gasteiger partial charge < -0.3 is 10.5 Å². The lowest BCUT2D eigenvalue weighted by molar-refractivity contribution is 0.111. The van der Waals surface area contributed by atoms with Gasteiger partial charge in [0.15, 0.2) is 6.29 Å². The lowest BCUT2D eigenvalue weighted by atomic mass is 10.1. The topological polar surface area (TPSA) is 52.3 Å². The maximum Gasteiger partial charge on any atom is 0.153 e. The Morgan fingerprint density at radius 2 is 2.29 bits per heavy atom. The highest BCUT2D eigenvalue weighted by molar-refractivity contribution is 5.80. The number of para-hydroxylation sites is 1. The SMILES string of the molecule is NCc1cccc(C=O)c1OC1CC1. The fourth-order valence-electron chi connectivity index (χ4n) is 1.35. The molecule has 1 aliphatic carbocycles. The molecule has 0 saturated heterocycles. The van der Waals surface area contributed by atoms with Crippen LogP contribution in [0, 0.1) is 0 Å². The number of benzene rings is 1. The summed E-state index contributed by atoms with van der Waals surface area (Å²) in [6.45, 7) is 0.406. The van der Waals surface area contributed by atoms with Crippen molar-refractivity contribution in [1.82, 2.24) is 0 Å². The van der Waals surface area contributed by atoms with E-state index in [0.717, 1.165) is 24.7 Å². The van der Waals surface area contributed by atoms with Crippen molar-refractivity contribution in [3.05, 3.63) is 29.3 Å². The molecule has 0 amide bonds. The van der Waals surface area contributed by atoms with E-state index in [-0.39, 0.29) is 0 Å². The summed E-state index contributed by atoms with van der Waals surface area (Å²) in [7, 11) is 0. The zero-order valence-corrected chi connectivity index (χ0v) is 7.90. The van der Waals surface area contributed by atoms with Crippen LogP contribution < -0.4 is 10.5 Å². The number of aldehydes is 1. The van der Waals surface area contributed by atoms with Gasteiger partial charge in [0, 0.05) is 12.1 Å². The fraction of sp³-hybridized carbons (Fsp3) is 0.364. The first-order valence-corrected chi connectivity index (χ1v) is 4.79. The Labute approximate surface area is 82.9 Å². The van der Waals surface area contributed by atoms with Gasteiger partial charge in [-0.05, 0) is 18.9 Å². The second-order valence-corrected chi connectivity index (χ2v) is 3.47. The van der Waals surface area contributed by atoms with E-state index in [1.165, 1.54) is 0 Å². The van der Waals surface area contributed by atoms with E-state index in [1.54, 1.807) is 6.07 Å². The first kappa shape index (κ1) is 9.21. The lowest BCUT2D eigenvalue weighted by Crippen LogP contribution is -2.06. The smallest absolute Gasteiger partial charge is 0.153 e. The average Bonchev–Trinajstić information content (AvgIpc) is 3.02. The number of nitrogens with two attached hydrogens (primary N) is 1. The highest BCUT2D eigenvalue weighted by Gasteiger charge is 2.25. The molecule has 14 heavy (non-hydrogen) atoms. The van der Waals surface area contributed by atoms with Crippen molar-refractivity contribution in [2.24, 2.45) is 5.73 Å². The van der Waals surface area contributed by atoms with E-state index in [0.29, 0.717) is 24.0 Å². The molecule has 2 rings (SSSR count). The van der Waals surface area contributed by atoms with Gasteiger partial charge in [0.1, 0.15) is 5.75 Å². The summed E-state index contributed by atoms with van der Waals surface area (Å²) < 4.78 is 5.66. The molecule has 2 N–H and O–H groups in total. The van der Waals surface area contributed by atoms with E-state index < -0.39 is 0 Å². The van der Waals surface area contributed by atoms with Gasteiger partial charge in [0.2, 0.25) is 0 Å². The Morgan fingerprint density at radius 3 is 2.86 bits per heavy atom. The van der Waals surface area contributed by atoms with Crippen LogP contribution in [0.1, 0.15) is 28.8 Å². The van der Waals surface area contributed by atoms with Crippen LogP contribution in [0.2, 0.25) is 0 Å². The van der Waals surface area contributed by atoms with Crippen molar-refractivity contribution in [2.75, 3.05) is 0 Å². The molecule has 0 heterocycles. The standard InChI is InChI=1S/C11H13NO2/c12-6-8-2-1-3-9(7-13)11(8)14-10-4-5-10/h1-3,7,10H,4-6,12H2. The van der Waals surface area contributed by atoms with Crippen LogP contribution in [0.3, 0.4) is 0 Å². The molecule has 0 radical (unpaired) electrons. The monoisotopic (exact) mass is 191 g/mol. The van der Waals surface area contributed by atoms with Gasteiger partial charge in [-0.1, -0.05) is 12.1 Å². The van der Waals surface area contributed by atoms with Crippen molar-refractivity contribution < 1.29 is 9.53 Å². The predicted molar refractivity (Wildman–Crippen MR) is 53.4 cm³/mol. The Kier molecular flexibility index (Phi) is 2.50. The summed E-state index contributed by atoms with van der Waals surface area (Å²) in [5.41, 5.74) is 7.08. The molecule has 1 aromatic carbocycles. The quantitative estimate of drug-likeness (QED) is 0.734.